The molecule has 3 nitrogen and oxygen atoms in total. The van der Waals surface area contributed by atoms with Gasteiger partial charge in [-0.3, -0.25) is 4.79 Å². The summed E-state index contributed by atoms with van der Waals surface area (Å²) in [4.78, 5) is 11.3. The first kappa shape index (κ1) is 9.00. The molecule has 2 heterocycles. The summed E-state index contributed by atoms with van der Waals surface area (Å²) in [6, 6.07) is 0.675. The van der Waals surface area contributed by atoms with Crippen LogP contribution < -0.4 is 5.32 Å². The summed E-state index contributed by atoms with van der Waals surface area (Å²) in [5, 5.41) is 3.53. The molecule has 2 bridgehead atoms. The van der Waals surface area contributed by atoms with Crippen LogP contribution in [0, 0.1) is 0 Å². The molecule has 0 amide bonds. The van der Waals surface area contributed by atoms with Gasteiger partial charge in [-0.1, -0.05) is 0 Å². The van der Waals surface area contributed by atoms with E-state index in [1.54, 1.807) is 0 Å². The van der Waals surface area contributed by atoms with Gasteiger partial charge < -0.3 is 10.1 Å². The number of ether oxygens (including phenoxy) is 1. The molecule has 2 fully saturated rings. The lowest BCUT2D eigenvalue weighted by molar-refractivity contribution is -0.144. The van der Waals surface area contributed by atoms with Crippen LogP contribution in [-0.4, -0.2) is 24.2 Å². The van der Waals surface area contributed by atoms with Crippen molar-refractivity contribution in [2.75, 3.05) is 6.61 Å². The summed E-state index contributed by atoms with van der Waals surface area (Å²) in [7, 11) is 0. The summed E-state index contributed by atoms with van der Waals surface area (Å²) in [6.45, 7) is 2.35. The normalized spacial score (nSPS) is 36.5. The van der Waals surface area contributed by atoms with Crippen molar-refractivity contribution in [1.82, 2.24) is 5.32 Å². The lowest BCUT2D eigenvalue weighted by atomic mass is 9.85. The SMILES string of the molecule is CCOC(=O)CC12CCC(CC1)N2. The van der Waals surface area contributed by atoms with Crippen molar-refractivity contribution in [3.05, 3.63) is 0 Å². The highest BCUT2D eigenvalue weighted by Crippen LogP contribution is 2.39. The van der Waals surface area contributed by atoms with Gasteiger partial charge in [0.05, 0.1) is 13.0 Å². The van der Waals surface area contributed by atoms with Crippen LogP contribution in [0.1, 0.15) is 39.0 Å². The Hall–Kier alpha value is -0.570. The van der Waals surface area contributed by atoms with Gasteiger partial charge in [0, 0.05) is 11.6 Å². The molecule has 2 saturated heterocycles. The molecule has 0 atom stereocenters. The molecule has 0 aromatic heterocycles. The van der Waals surface area contributed by atoms with E-state index in [1.165, 1.54) is 12.8 Å². The fraction of sp³-hybridized carbons (Fsp3) is 0.900. The average Bonchev–Trinajstić information content (AvgIpc) is 2.63. The Morgan fingerprint density at radius 1 is 1.54 bits per heavy atom. The van der Waals surface area contributed by atoms with Gasteiger partial charge in [-0.05, 0) is 32.6 Å². The highest BCUT2D eigenvalue weighted by Gasteiger charge is 2.45. The standard InChI is InChI=1S/C10H17NO2/c1-2-13-9(12)7-10-5-3-8(11-10)4-6-10/h8,11H,2-7H2,1H3. The first-order valence-corrected chi connectivity index (χ1v) is 5.17. The maximum Gasteiger partial charge on any atom is 0.307 e. The number of carbonyl (C=O) groups excluding carboxylic acids is 1. The van der Waals surface area contributed by atoms with Crippen molar-refractivity contribution in [2.45, 2.75) is 50.6 Å². The van der Waals surface area contributed by atoms with Gasteiger partial charge in [-0.15, -0.1) is 0 Å². The lowest BCUT2D eigenvalue weighted by Crippen LogP contribution is -2.38. The van der Waals surface area contributed by atoms with Crippen molar-refractivity contribution in [3.63, 3.8) is 0 Å². The lowest BCUT2D eigenvalue weighted by Gasteiger charge is -2.24. The number of carbonyl (C=O) groups is 1. The van der Waals surface area contributed by atoms with E-state index in [0.29, 0.717) is 19.1 Å². The Morgan fingerprint density at radius 2 is 2.23 bits per heavy atom. The fourth-order valence-corrected chi connectivity index (χ4v) is 2.61. The van der Waals surface area contributed by atoms with E-state index in [9.17, 15) is 4.79 Å². The second-order valence-electron chi connectivity index (χ2n) is 4.18. The van der Waals surface area contributed by atoms with Crippen LogP contribution in [0.3, 0.4) is 0 Å². The molecule has 74 valence electrons. The van der Waals surface area contributed by atoms with Crippen LogP contribution in [0.15, 0.2) is 0 Å². The molecule has 0 spiro atoms. The maximum atomic E-state index is 11.3. The second kappa shape index (κ2) is 3.29. The Balaban J connectivity index is 1.90. The summed E-state index contributed by atoms with van der Waals surface area (Å²) < 4.78 is 4.97. The van der Waals surface area contributed by atoms with Crippen molar-refractivity contribution >= 4 is 5.97 Å². The quantitative estimate of drug-likeness (QED) is 0.669. The molecular weight excluding hydrogens is 166 g/mol. The van der Waals surface area contributed by atoms with Crippen LogP contribution in [0.4, 0.5) is 0 Å². The zero-order valence-electron chi connectivity index (χ0n) is 8.14. The molecule has 2 aliphatic rings. The molecule has 0 aromatic carbocycles. The highest BCUT2D eigenvalue weighted by molar-refractivity contribution is 5.71. The number of hydrogen-bond donors (Lipinski definition) is 1. The second-order valence-corrected chi connectivity index (χ2v) is 4.18. The Morgan fingerprint density at radius 3 is 2.69 bits per heavy atom. The van der Waals surface area contributed by atoms with Crippen LogP contribution in [0.2, 0.25) is 0 Å². The summed E-state index contributed by atoms with van der Waals surface area (Å²) >= 11 is 0. The Labute approximate surface area is 78.8 Å². The van der Waals surface area contributed by atoms with Gasteiger partial charge in [-0.25, -0.2) is 0 Å². The predicted octanol–water partition coefficient (Wildman–Crippen LogP) is 1.22. The first-order chi connectivity index (χ1) is 6.24. The van der Waals surface area contributed by atoms with E-state index in [4.69, 9.17) is 4.74 Å². The topological polar surface area (TPSA) is 38.3 Å². The van der Waals surface area contributed by atoms with E-state index < -0.39 is 0 Å². The smallest absolute Gasteiger partial charge is 0.307 e. The highest BCUT2D eigenvalue weighted by atomic mass is 16.5. The van der Waals surface area contributed by atoms with E-state index in [1.807, 2.05) is 6.92 Å². The van der Waals surface area contributed by atoms with Crippen LogP contribution in [0.25, 0.3) is 0 Å². The van der Waals surface area contributed by atoms with Crippen LogP contribution in [0.5, 0.6) is 0 Å². The molecule has 2 aliphatic heterocycles. The van der Waals surface area contributed by atoms with Crippen molar-refractivity contribution in [1.29, 1.82) is 0 Å². The van der Waals surface area contributed by atoms with Crippen LogP contribution >= 0.6 is 0 Å². The molecule has 0 radical (unpaired) electrons. The van der Waals surface area contributed by atoms with E-state index in [0.717, 1.165) is 12.8 Å². The zero-order valence-corrected chi connectivity index (χ0v) is 8.14. The minimum atomic E-state index is -0.0439. The summed E-state index contributed by atoms with van der Waals surface area (Å²) in [5.74, 6) is -0.0439. The molecule has 0 saturated carbocycles. The molecule has 0 aliphatic carbocycles. The van der Waals surface area contributed by atoms with E-state index >= 15 is 0 Å². The number of esters is 1. The van der Waals surface area contributed by atoms with Crippen molar-refractivity contribution in [3.8, 4) is 0 Å². The first-order valence-electron chi connectivity index (χ1n) is 5.17. The molecule has 0 unspecified atom stereocenters. The number of hydrogen-bond acceptors (Lipinski definition) is 3. The molecule has 1 N–H and O–H groups in total. The minimum Gasteiger partial charge on any atom is -0.466 e. The van der Waals surface area contributed by atoms with Gasteiger partial charge in [0.15, 0.2) is 0 Å². The minimum absolute atomic E-state index is 0.0439. The third kappa shape index (κ3) is 1.70. The molecular formula is C10H17NO2. The number of rotatable bonds is 3. The molecule has 2 rings (SSSR count). The predicted molar refractivity (Wildman–Crippen MR) is 49.4 cm³/mol. The number of fused-ring (bicyclic) bond motifs is 2. The van der Waals surface area contributed by atoms with Gasteiger partial charge >= 0.3 is 5.97 Å². The Bertz CT molecular complexity index is 207. The third-order valence-electron chi connectivity index (χ3n) is 3.24. The maximum absolute atomic E-state index is 11.3. The molecule has 13 heavy (non-hydrogen) atoms. The molecule has 3 heteroatoms. The third-order valence-corrected chi connectivity index (χ3v) is 3.24. The fourth-order valence-electron chi connectivity index (χ4n) is 2.61. The monoisotopic (exact) mass is 183 g/mol. The van der Waals surface area contributed by atoms with Crippen molar-refractivity contribution in [2.24, 2.45) is 0 Å². The average molecular weight is 183 g/mol. The summed E-state index contributed by atoms with van der Waals surface area (Å²) in [5.41, 5.74) is 0.108. The Kier molecular flexibility index (Phi) is 2.28. The van der Waals surface area contributed by atoms with Crippen molar-refractivity contribution < 1.29 is 9.53 Å². The zero-order chi connectivity index (χ0) is 9.31. The van der Waals surface area contributed by atoms with E-state index in [-0.39, 0.29) is 11.5 Å². The van der Waals surface area contributed by atoms with Gasteiger partial charge in [-0.2, -0.15) is 0 Å². The van der Waals surface area contributed by atoms with Crippen LogP contribution in [-0.2, 0) is 9.53 Å². The van der Waals surface area contributed by atoms with Gasteiger partial charge in [0.1, 0.15) is 0 Å². The molecule has 0 aromatic rings. The largest absolute Gasteiger partial charge is 0.466 e. The van der Waals surface area contributed by atoms with E-state index in [2.05, 4.69) is 5.32 Å². The number of nitrogens with one attached hydrogen (secondary N) is 1. The summed E-state index contributed by atoms with van der Waals surface area (Å²) in [6.07, 6.45) is 5.34. The van der Waals surface area contributed by atoms with Gasteiger partial charge in [0.25, 0.3) is 0 Å². The van der Waals surface area contributed by atoms with Gasteiger partial charge in [0.2, 0.25) is 0 Å².